The Morgan fingerprint density at radius 3 is 2.51 bits per heavy atom. The van der Waals surface area contributed by atoms with E-state index >= 15 is 0 Å². The Bertz CT molecular complexity index is 1390. The maximum Gasteiger partial charge on any atom is 0.226 e. The van der Waals surface area contributed by atoms with Crippen LogP contribution in [0.25, 0.3) is 32.8 Å². The number of carbonyl (C=O) groups is 1. The highest BCUT2D eigenvalue weighted by Crippen LogP contribution is 2.32. The number of hydrogen-bond acceptors (Lipinski definition) is 7. The second-order valence-electron chi connectivity index (χ2n) is 8.07. The van der Waals surface area contributed by atoms with Gasteiger partial charge in [0, 0.05) is 22.8 Å². The Balaban J connectivity index is 1.23. The van der Waals surface area contributed by atoms with Crippen molar-refractivity contribution < 1.29 is 14.1 Å². The summed E-state index contributed by atoms with van der Waals surface area (Å²) in [6, 6.07) is 25.1. The van der Waals surface area contributed by atoms with Crippen LogP contribution >= 0.6 is 23.1 Å². The third-order valence-corrected chi connectivity index (χ3v) is 7.55. The number of rotatable bonds is 9. The lowest BCUT2D eigenvalue weighted by molar-refractivity contribution is 0.108. The van der Waals surface area contributed by atoms with E-state index in [1.807, 2.05) is 78.9 Å². The normalized spacial score (nSPS) is 11.1. The molecule has 5 nitrogen and oxygen atoms in total. The summed E-state index contributed by atoms with van der Waals surface area (Å²) in [5.41, 5.74) is 4.08. The third kappa shape index (κ3) is 5.63. The van der Waals surface area contributed by atoms with E-state index in [-0.39, 0.29) is 5.12 Å². The van der Waals surface area contributed by atoms with Gasteiger partial charge in [0.2, 0.25) is 5.12 Å². The lowest BCUT2D eigenvalue weighted by atomic mass is 10.1. The summed E-state index contributed by atoms with van der Waals surface area (Å²) in [7, 11) is 0. The highest BCUT2D eigenvalue weighted by molar-refractivity contribution is 8.15. The van der Waals surface area contributed by atoms with E-state index in [0.29, 0.717) is 11.3 Å². The fourth-order valence-electron chi connectivity index (χ4n) is 3.61. The molecule has 5 aromatic rings. The number of unbranched alkanes of at least 4 members (excludes halogenated alkanes) is 2. The topological polar surface area (TPSA) is 65.2 Å². The van der Waals surface area contributed by atoms with E-state index in [0.717, 1.165) is 61.9 Å². The van der Waals surface area contributed by atoms with E-state index in [2.05, 4.69) is 17.1 Å². The second-order valence-corrected chi connectivity index (χ2v) is 10.3. The molecule has 0 radical (unpaired) electrons. The molecule has 0 unspecified atom stereocenters. The molecule has 0 bridgehead atoms. The number of nitrogens with zero attached hydrogens (tertiary/aromatic N) is 2. The number of fused-ring (bicyclic) bond motifs is 1. The van der Waals surface area contributed by atoms with E-state index < -0.39 is 0 Å². The van der Waals surface area contributed by atoms with Crippen molar-refractivity contribution in [3.63, 3.8) is 0 Å². The molecule has 5 rings (SSSR count). The summed E-state index contributed by atoms with van der Waals surface area (Å²) in [6.45, 7) is 2.91. The summed E-state index contributed by atoms with van der Waals surface area (Å²) in [4.78, 5) is 17.3. The Labute approximate surface area is 212 Å². The van der Waals surface area contributed by atoms with Crippen molar-refractivity contribution in [3.05, 3.63) is 84.4 Å². The van der Waals surface area contributed by atoms with Gasteiger partial charge in [0.1, 0.15) is 11.4 Å². The van der Waals surface area contributed by atoms with Crippen molar-refractivity contribution in [2.45, 2.75) is 30.5 Å². The van der Waals surface area contributed by atoms with Crippen LogP contribution in [0, 0.1) is 0 Å². The molecule has 35 heavy (non-hydrogen) atoms. The Morgan fingerprint density at radius 1 is 0.971 bits per heavy atom. The Hall–Kier alpha value is -3.42. The molecule has 0 amide bonds. The van der Waals surface area contributed by atoms with Crippen molar-refractivity contribution >= 4 is 38.4 Å². The maximum atomic E-state index is 12.7. The Kier molecular flexibility index (Phi) is 7.25. The molecule has 0 aliphatic carbocycles. The van der Waals surface area contributed by atoms with E-state index in [4.69, 9.17) is 9.26 Å². The van der Waals surface area contributed by atoms with Gasteiger partial charge < -0.3 is 9.26 Å². The van der Waals surface area contributed by atoms with Crippen molar-refractivity contribution in [2.24, 2.45) is 0 Å². The molecule has 0 spiro atoms. The van der Waals surface area contributed by atoms with Crippen LogP contribution in [0.4, 0.5) is 0 Å². The highest BCUT2D eigenvalue weighted by atomic mass is 32.2. The molecule has 0 fully saturated rings. The summed E-state index contributed by atoms with van der Waals surface area (Å²) in [6.07, 6.45) is 3.42. The first-order valence-corrected chi connectivity index (χ1v) is 13.2. The van der Waals surface area contributed by atoms with Crippen LogP contribution in [0.2, 0.25) is 0 Å². The molecule has 2 heterocycles. The maximum absolute atomic E-state index is 12.7. The standard InChI is InChI=1S/C28H24N2O3S2/c1-2-3-6-17-32-22-15-13-20(14-16-22)25-18-24(30-33-25)19-9-11-21(12-10-19)27(31)35-28-29-23-7-4-5-8-26(23)34-28/h4-5,7-16,18H,2-3,6,17H2,1H3. The minimum atomic E-state index is -0.0338. The van der Waals surface area contributed by atoms with Crippen LogP contribution in [0.15, 0.2) is 87.7 Å². The zero-order valence-electron chi connectivity index (χ0n) is 19.3. The van der Waals surface area contributed by atoms with E-state index in [1.54, 1.807) is 0 Å². The molecule has 0 saturated carbocycles. The molecule has 0 aliphatic rings. The molecular formula is C28H24N2O3S2. The number of benzene rings is 3. The molecule has 7 heteroatoms. The lowest BCUT2D eigenvalue weighted by Gasteiger charge is -2.05. The van der Waals surface area contributed by atoms with E-state index in [9.17, 15) is 4.79 Å². The largest absolute Gasteiger partial charge is 0.494 e. The highest BCUT2D eigenvalue weighted by Gasteiger charge is 2.14. The van der Waals surface area contributed by atoms with Crippen LogP contribution in [-0.4, -0.2) is 21.9 Å². The van der Waals surface area contributed by atoms with Gasteiger partial charge in [0.25, 0.3) is 0 Å². The number of ether oxygens (including phenoxy) is 1. The van der Waals surface area contributed by atoms with Crippen molar-refractivity contribution in [1.29, 1.82) is 0 Å². The van der Waals surface area contributed by atoms with Gasteiger partial charge in [0.15, 0.2) is 10.1 Å². The fraction of sp³-hybridized carbons (Fsp3) is 0.179. The molecule has 2 aromatic heterocycles. The quantitative estimate of drug-likeness (QED) is 0.150. The van der Waals surface area contributed by atoms with Crippen molar-refractivity contribution in [3.8, 4) is 28.3 Å². The predicted molar refractivity (Wildman–Crippen MR) is 142 cm³/mol. The van der Waals surface area contributed by atoms with Crippen LogP contribution in [0.5, 0.6) is 5.75 Å². The Morgan fingerprint density at radius 2 is 1.74 bits per heavy atom. The van der Waals surface area contributed by atoms with Crippen LogP contribution < -0.4 is 4.74 Å². The van der Waals surface area contributed by atoms with Gasteiger partial charge in [-0.05, 0) is 66.7 Å². The lowest BCUT2D eigenvalue weighted by Crippen LogP contribution is -1.96. The predicted octanol–water partition coefficient (Wildman–Crippen LogP) is 8.12. The molecular weight excluding hydrogens is 476 g/mol. The van der Waals surface area contributed by atoms with Gasteiger partial charge >= 0.3 is 0 Å². The average molecular weight is 501 g/mol. The van der Waals surface area contributed by atoms with Crippen LogP contribution in [-0.2, 0) is 0 Å². The molecule has 3 aromatic carbocycles. The first-order valence-electron chi connectivity index (χ1n) is 11.6. The second kappa shape index (κ2) is 10.9. The molecule has 0 saturated heterocycles. The van der Waals surface area contributed by atoms with Crippen molar-refractivity contribution in [2.75, 3.05) is 6.61 Å². The van der Waals surface area contributed by atoms with Gasteiger partial charge in [0.05, 0.1) is 16.8 Å². The summed E-state index contributed by atoms with van der Waals surface area (Å²) >= 11 is 2.69. The van der Waals surface area contributed by atoms with E-state index in [1.165, 1.54) is 24.2 Å². The average Bonchev–Trinajstić information content (AvgIpc) is 3.54. The number of hydrogen-bond donors (Lipinski definition) is 0. The van der Waals surface area contributed by atoms with Gasteiger partial charge in [-0.25, -0.2) is 4.98 Å². The molecule has 176 valence electrons. The van der Waals surface area contributed by atoms with Crippen LogP contribution in [0.3, 0.4) is 0 Å². The monoisotopic (exact) mass is 500 g/mol. The fourth-order valence-corrected chi connectivity index (χ4v) is 5.53. The summed E-state index contributed by atoms with van der Waals surface area (Å²) in [5.74, 6) is 1.54. The smallest absolute Gasteiger partial charge is 0.226 e. The number of aromatic nitrogens is 2. The van der Waals surface area contributed by atoms with Gasteiger partial charge in [-0.1, -0.05) is 49.2 Å². The van der Waals surface area contributed by atoms with Gasteiger partial charge in [-0.15, -0.1) is 11.3 Å². The number of carbonyl (C=O) groups excluding carboxylic acids is 1. The SMILES string of the molecule is CCCCCOc1ccc(-c2cc(-c3ccc(C(=O)Sc4nc5ccccc5s4)cc3)no2)cc1. The number of thioether (sulfide) groups is 1. The minimum Gasteiger partial charge on any atom is -0.494 e. The number of thiazole rings is 1. The zero-order valence-corrected chi connectivity index (χ0v) is 20.9. The van der Waals surface area contributed by atoms with Gasteiger partial charge in [-0.2, -0.15) is 0 Å². The van der Waals surface area contributed by atoms with Crippen LogP contribution in [0.1, 0.15) is 36.5 Å². The zero-order chi connectivity index (χ0) is 24.0. The first kappa shape index (κ1) is 23.3. The molecule has 0 aliphatic heterocycles. The van der Waals surface area contributed by atoms with Gasteiger partial charge in [-0.3, -0.25) is 4.79 Å². The van der Waals surface area contributed by atoms with Crippen molar-refractivity contribution in [1.82, 2.24) is 10.1 Å². The molecule has 0 atom stereocenters. The summed E-state index contributed by atoms with van der Waals surface area (Å²) in [5, 5.41) is 4.18. The number of para-hydroxylation sites is 1. The molecule has 0 N–H and O–H groups in total. The third-order valence-electron chi connectivity index (χ3n) is 5.54. The summed E-state index contributed by atoms with van der Waals surface area (Å²) < 4.78 is 13.2. The minimum absolute atomic E-state index is 0.0338. The first-order chi connectivity index (χ1) is 17.2.